The summed E-state index contributed by atoms with van der Waals surface area (Å²) in [7, 11) is 1.53. The second-order valence-electron chi connectivity index (χ2n) is 2.13. The number of carbonyl (C=O) groups is 1. The third kappa shape index (κ3) is 1.87. The molecule has 1 rings (SSSR count). The number of hydrogen-bond acceptors (Lipinski definition) is 2. The molecule has 0 heterocycles. The summed E-state index contributed by atoms with van der Waals surface area (Å²) in [5, 5.41) is 0. The van der Waals surface area contributed by atoms with Gasteiger partial charge in [-0.1, -0.05) is 0 Å². The highest BCUT2D eigenvalue weighted by Crippen LogP contribution is 2.29. The van der Waals surface area contributed by atoms with E-state index in [0.717, 1.165) is 15.2 Å². The van der Waals surface area contributed by atoms with Crippen molar-refractivity contribution in [3.8, 4) is 5.75 Å². The average Bonchev–Trinajstić information content (AvgIpc) is 2.09. The number of methoxy groups -OCH3 is 1. The SMILES string of the molecule is COc1cc(Br)c(Br)cc1C=O. The molecule has 0 fully saturated rings. The summed E-state index contributed by atoms with van der Waals surface area (Å²) in [6, 6.07) is 3.45. The van der Waals surface area contributed by atoms with Crippen molar-refractivity contribution in [3.63, 3.8) is 0 Å². The van der Waals surface area contributed by atoms with Gasteiger partial charge in [0.1, 0.15) is 5.75 Å². The molecule has 0 saturated heterocycles. The minimum atomic E-state index is 0.535. The third-order valence-corrected chi connectivity index (χ3v) is 3.24. The zero-order valence-electron chi connectivity index (χ0n) is 6.30. The maximum Gasteiger partial charge on any atom is 0.153 e. The van der Waals surface area contributed by atoms with Gasteiger partial charge in [0.05, 0.1) is 12.7 Å². The van der Waals surface area contributed by atoms with Gasteiger partial charge in [-0.15, -0.1) is 0 Å². The standard InChI is InChI=1S/C8H6Br2O2/c1-12-8-3-7(10)6(9)2-5(8)4-11/h2-4H,1H3. The molecule has 1 aromatic carbocycles. The molecule has 0 N–H and O–H groups in total. The van der Waals surface area contributed by atoms with E-state index in [1.165, 1.54) is 7.11 Å². The Hall–Kier alpha value is -0.350. The summed E-state index contributed by atoms with van der Waals surface area (Å²) in [6.07, 6.45) is 0.760. The fourth-order valence-electron chi connectivity index (χ4n) is 0.813. The smallest absolute Gasteiger partial charge is 0.153 e. The highest BCUT2D eigenvalue weighted by Gasteiger charge is 2.05. The number of ether oxygens (including phenoxy) is 1. The molecule has 0 aromatic heterocycles. The largest absolute Gasteiger partial charge is 0.496 e. The van der Waals surface area contributed by atoms with Crippen molar-refractivity contribution in [3.05, 3.63) is 26.6 Å². The Kier molecular flexibility index (Phi) is 3.29. The lowest BCUT2D eigenvalue weighted by molar-refractivity contribution is 0.112. The van der Waals surface area contributed by atoms with Gasteiger partial charge in [-0.3, -0.25) is 4.79 Å². The fourth-order valence-corrected chi connectivity index (χ4v) is 1.50. The Bertz CT molecular complexity index is 310. The fraction of sp³-hybridized carbons (Fsp3) is 0.125. The Morgan fingerprint density at radius 3 is 2.42 bits per heavy atom. The first kappa shape index (κ1) is 9.74. The van der Waals surface area contributed by atoms with Crippen LogP contribution in [0, 0.1) is 0 Å². The van der Waals surface area contributed by atoms with Crippen LogP contribution in [0.15, 0.2) is 21.1 Å². The number of halogens is 2. The summed E-state index contributed by atoms with van der Waals surface area (Å²) in [6.45, 7) is 0. The van der Waals surface area contributed by atoms with Crippen LogP contribution in [0.1, 0.15) is 10.4 Å². The number of hydrogen-bond donors (Lipinski definition) is 0. The van der Waals surface area contributed by atoms with Crippen molar-refractivity contribution >= 4 is 38.1 Å². The van der Waals surface area contributed by atoms with Crippen molar-refractivity contribution in [1.29, 1.82) is 0 Å². The molecule has 0 aliphatic rings. The highest BCUT2D eigenvalue weighted by atomic mass is 79.9. The first-order valence-corrected chi connectivity index (χ1v) is 4.76. The van der Waals surface area contributed by atoms with Crippen molar-refractivity contribution in [2.75, 3.05) is 7.11 Å². The number of aldehydes is 1. The van der Waals surface area contributed by atoms with Crippen LogP contribution in [-0.4, -0.2) is 13.4 Å². The van der Waals surface area contributed by atoms with Gasteiger partial charge in [0.15, 0.2) is 6.29 Å². The number of benzene rings is 1. The van der Waals surface area contributed by atoms with Gasteiger partial charge in [0, 0.05) is 8.95 Å². The van der Waals surface area contributed by atoms with Crippen molar-refractivity contribution in [1.82, 2.24) is 0 Å². The van der Waals surface area contributed by atoms with Gasteiger partial charge >= 0.3 is 0 Å². The van der Waals surface area contributed by atoms with Crippen LogP contribution >= 0.6 is 31.9 Å². The molecule has 0 saturated carbocycles. The summed E-state index contributed by atoms with van der Waals surface area (Å²) in [4.78, 5) is 10.5. The predicted octanol–water partition coefficient (Wildman–Crippen LogP) is 3.03. The average molecular weight is 294 g/mol. The molecule has 1 aromatic rings. The molecule has 12 heavy (non-hydrogen) atoms. The maximum atomic E-state index is 10.5. The summed E-state index contributed by atoms with van der Waals surface area (Å²) in [5.74, 6) is 0.570. The van der Waals surface area contributed by atoms with Crippen LogP contribution in [0.3, 0.4) is 0 Å². The minimum Gasteiger partial charge on any atom is -0.496 e. The van der Waals surface area contributed by atoms with Crippen LogP contribution in [0.4, 0.5) is 0 Å². The topological polar surface area (TPSA) is 26.3 Å². The highest BCUT2D eigenvalue weighted by molar-refractivity contribution is 9.13. The van der Waals surface area contributed by atoms with Crippen LogP contribution < -0.4 is 4.74 Å². The molecule has 0 bridgehead atoms. The molecule has 0 radical (unpaired) electrons. The Morgan fingerprint density at radius 2 is 1.92 bits per heavy atom. The predicted molar refractivity (Wildman–Crippen MR) is 53.8 cm³/mol. The van der Waals surface area contributed by atoms with E-state index in [1.54, 1.807) is 12.1 Å². The van der Waals surface area contributed by atoms with E-state index in [2.05, 4.69) is 31.9 Å². The summed E-state index contributed by atoms with van der Waals surface area (Å²) in [5.41, 5.74) is 0.535. The zero-order valence-corrected chi connectivity index (χ0v) is 9.48. The van der Waals surface area contributed by atoms with E-state index in [0.29, 0.717) is 11.3 Å². The van der Waals surface area contributed by atoms with Gasteiger partial charge in [-0.05, 0) is 44.0 Å². The summed E-state index contributed by atoms with van der Waals surface area (Å²) < 4.78 is 6.69. The van der Waals surface area contributed by atoms with Gasteiger partial charge in [-0.2, -0.15) is 0 Å². The minimum absolute atomic E-state index is 0.535. The van der Waals surface area contributed by atoms with Gasteiger partial charge in [0.2, 0.25) is 0 Å². The number of rotatable bonds is 2. The van der Waals surface area contributed by atoms with Crippen molar-refractivity contribution in [2.24, 2.45) is 0 Å². The molecule has 0 unspecified atom stereocenters. The summed E-state index contributed by atoms with van der Waals surface area (Å²) >= 11 is 6.60. The first-order valence-electron chi connectivity index (χ1n) is 3.17. The van der Waals surface area contributed by atoms with E-state index in [-0.39, 0.29) is 0 Å². The normalized spacial score (nSPS) is 9.58. The second-order valence-corrected chi connectivity index (χ2v) is 3.83. The Labute approximate surface area is 87.2 Å². The van der Waals surface area contributed by atoms with Gasteiger partial charge in [0.25, 0.3) is 0 Å². The molecular formula is C8H6Br2O2. The molecule has 64 valence electrons. The van der Waals surface area contributed by atoms with E-state index in [1.807, 2.05) is 0 Å². The van der Waals surface area contributed by atoms with Crippen LogP contribution in [0.5, 0.6) is 5.75 Å². The third-order valence-electron chi connectivity index (χ3n) is 1.40. The molecule has 0 aliphatic heterocycles. The van der Waals surface area contributed by atoms with Gasteiger partial charge in [-0.25, -0.2) is 0 Å². The van der Waals surface area contributed by atoms with Crippen LogP contribution in [0.25, 0.3) is 0 Å². The number of carbonyl (C=O) groups excluding carboxylic acids is 1. The first-order chi connectivity index (χ1) is 5.69. The molecule has 4 heteroatoms. The molecule has 0 aliphatic carbocycles. The second kappa shape index (κ2) is 4.05. The van der Waals surface area contributed by atoms with E-state index in [9.17, 15) is 4.79 Å². The lowest BCUT2D eigenvalue weighted by Gasteiger charge is -2.04. The Morgan fingerprint density at radius 1 is 1.33 bits per heavy atom. The van der Waals surface area contributed by atoms with E-state index < -0.39 is 0 Å². The molecule has 0 spiro atoms. The van der Waals surface area contributed by atoms with E-state index >= 15 is 0 Å². The monoisotopic (exact) mass is 292 g/mol. The van der Waals surface area contributed by atoms with Gasteiger partial charge < -0.3 is 4.74 Å². The lowest BCUT2D eigenvalue weighted by atomic mass is 10.2. The maximum absolute atomic E-state index is 10.5. The van der Waals surface area contributed by atoms with E-state index in [4.69, 9.17) is 4.74 Å². The van der Waals surface area contributed by atoms with Crippen molar-refractivity contribution in [2.45, 2.75) is 0 Å². The molecule has 0 amide bonds. The lowest BCUT2D eigenvalue weighted by Crippen LogP contribution is -1.90. The van der Waals surface area contributed by atoms with Crippen LogP contribution in [-0.2, 0) is 0 Å². The quantitative estimate of drug-likeness (QED) is 0.784. The molecule has 0 atom stereocenters. The molecule has 2 nitrogen and oxygen atoms in total. The Balaban J connectivity index is 3.28. The van der Waals surface area contributed by atoms with Crippen LogP contribution in [0.2, 0.25) is 0 Å². The molecular weight excluding hydrogens is 288 g/mol. The van der Waals surface area contributed by atoms with Crippen molar-refractivity contribution < 1.29 is 9.53 Å². The zero-order chi connectivity index (χ0) is 9.14.